The molecule has 0 amide bonds. The first kappa shape index (κ1) is 10.3. The van der Waals surface area contributed by atoms with Gasteiger partial charge in [0.1, 0.15) is 5.76 Å². The summed E-state index contributed by atoms with van der Waals surface area (Å²) in [7, 11) is 0. The first-order chi connectivity index (χ1) is 6.00. The van der Waals surface area contributed by atoms with Crippen LogP contribution < -0.4 is 0 Å². The molecule has 1 atom stereocenters. The highest BCUT2D eigenvalue weighted by atomic mass is 16.3. The van der Waals surface area contributed by atoms with E-state index in [1.54, 1.807) is 6.26 Å². The summed E-state index contributed by atoms with van der Waals surface area (Å²) in [6.45, 7) is 7.99. The van der Waals surface area contributed by atoms with E-state index >= 15 is 0 Å². The van der Waals surface area contributed by atoms with Crippen molar-refractivity contribution in [3.05, 3.63) is 23.7 Å². The summed E-state index contributed by atoms with van der Waals surface area (Å²) in [5.74, 6) is 0.891. The van der Waals surface area contributed by atoms with Crippen molar-refractivity contribution in [2.45, 2.75) is 45.6 Å². The maximum absolute atomic E-state index is 9.82. The first-order valence-corrected chi connectivity index (χ1v) is 4.72. The second-order valence-corrected chi connectivity index (χ2v) is 4.08. The Bertz CT molecular complexity index is 273. The molecule has 0 saturated heterocycles. The third-order valence-corrected chi connectivity index (χ3v) is 2.67. The van der Waals surface area contributed by atoms with Crippen LogP contribution in [0.3, 0.4) is 0 Å². The van der Waals surface area contributed by atoms with Gasteiger partial charge in [-0.3, -0.25) is 0 Å². The number of furan rings is 1. The third kappa shape index (κ3) is 1.78. The lowest BCUT2D eigenvalue weighted by Gasteiger charge is -2.28. The highest BCUT2D eigenvalue weighted by Gasteiger charge is 2.32. The predicted molar refractivity (Wildman–Crippen MR) is 52.8 cm³/mol. The molecule has 0 aliphatic carbocycles. The first-order valence-electron chi connectivity index (χ1n) is 4.72. The van der Waals surface area contributed by atoms with Gasteiger partial charge in [0.2, 0.25) is 0 Å². The zero-order valence-corrected chi connectivity index (χ0v) is 8.79. The van der Waals surface area contributed by atoms with Gasteiger partial charge in [0.15, 0.2) is 0 Å². The van der Waals surface area contributed by atoms with Crippen LogP contribution >= 0.6 is 0 Å². The Hall–Kier alpha value is -0.760. The minimum absolute atomic E-state index is 0.289. The van der Waals surface area contributed by atoms with Crippen molar-refractivity contribution in [3.63, 3.8) is 0 Å². The molecular formula is C11H18O2. The van der Waals surface area contributed by atoms with Crippen molar-refractivity contribution >= 4 is 0 Å². The van der Waals surface area contributed by atoms with Crippen LogP contribution in [0.15, 0.2) is 16.7 Å². The van der Waals surface area contributed by atoms with Gasteiger partial charge in [0, 0.05) is 5.41 Å². The number of hydrogen-bond donors (Lipinski definition) is 1. The van der Waals surface area contributed by atoms with E-state index in [1.807, 2.05) is 33.8 Å². The lowest BCUT2D eigenvalue weighted by Crippen LogP contribution is -2.33. The molecule has 0 fully saturated rings. The number of rotatable bonds is 3. The second kappa shape index (κ2) is 3.54. The van der Waals surface area contributed by atoms with Crippen molar-refractivity contribution < 1.29 is 9.52 Å². The van der Waals surface area contributed by atoms with Crippen LogP contribution in [0.1, 0.15) is 38.5 Å². The van der Waals surface area contributed by atoms with Crippen LogP contribution in [-0.2, 0) is 5.41 Å². The fraction of sp³-hybridized carbons (Fsp3) is 0.636. The van der Waals surface area contributed by atoms with E-state index in [0.29, 0.717) is 0 Å². The molecule has 0 spiro atoms. The molecule has 0 aliphatic rings. The molecular weight excluding hydrogens is 164 g/mol. The largest absolute Gasteiger partial charge is 0.468 e. The van der Waals surface area contributed by atoms with E-state index in [1.165, 1.54) is 0 Å². The average Bonchev–Trinajstić information content (AvgIpc) is 2.50. The molecule has 2 heteroatoms. The van der Waals surface area contributed by atoms with Gasteiger partial charge < -0.3 is 9.52 Å². The summed E-state index contributed by atoms with van der Waals surface area (Å²) < 4.78 is 5.39. The Kier molecular flexibility index (Phi) is 2.81. The highest BCUT2D eigenvalue weighted by Crippen LogP contribution is 2.31. The van der Waals surface area contributed by atoms with E-state index in [-0.39, 0.29) is 11.5 Å². The van der Waals surface area contributed by atoms with E-state index in [0.717, 1.165) is 17.7 Å². The predicted octanol–water partition coefficient (Wildman–Crippen LogP) is 2.64. The highest BCUT2D eigenvalue weighted by molar-refractivity contribution is 5.23. The van der Waals surface area contributed by atoms with E-state index in [2.05, 4.69) is 0 Å². The van der Waals surface area contributed by atoms with Crippen LogP contribution in [0.5, 0.6) is 0 Å². The smallest absolute Gasteiger partial charge is 0.114 e. The fourth-order valence-electron chi connectivity index (χ4n) is 1.69. The summed E-state index contributed by atoms with van der Waals surface area (Å²) in [5, 5.41) is 9.82. The fourth-order valence-corrected chi connectivity index (χ4v) is 1.69. The molecule has 1 aromatic heterocycles. The molecule has 1 aromatic rings. The lowest BCUT2D eigenvalue weighted by molar-refractivity contribution is 0.0829. The second-order valence-electron chi connectivity index (χ2n) is 4.08. The Balaban J connectivity index is 2.99. The van der Waals surface area contributed by atoms with Gasteiger partial charge in [-0.25, -0.2) is 0 Å². The SMILES string of the molecule is CCC(O)C(C)(C)c1occc1C. The maximum atomic E-state index is 9.82. The topological polar surface area (TPSA) is 33.4 Å². The van der Waals surface area contributed by atoms with Crippen LogP contribution in [0.25, 0.3) is 0 Å². The molecule has 0 aromatic carbocycles. The molecule has 0 saturated carbocycles. The number of aliphatic hydroxyl groups is 1. The molecule has 13 heavy (non-hydrogen) atoms. The van der Waals surface area contributed by atoms with Gasteiger partial charge >= 0.3 is 0 Å². The minimum atomic E-state index is -0.350. The normalized spacial score (nSPS) is 14.5. The molecule has 1 rings (SSSR count). The van der Waals surface area contributed by atoms with Crippen molar-refractivity contribution in [3.8, 4) is 0 Å². The summed E-state index contributed by atoms with van der Waals surface area (Å²) in [6.07, 6.45) is 2.07. The standard InChI is InChI=1S/C11H18O2/c1-5-9(12)11(3,4)10-8(2)6-7-13-10/h6-7,9,12H,5H2,1-4H3. The van der Waals surface area contributed by atoms with Crippen LogP contribution in [0.2, 0.25) is 0 Å². The maximum Gasteiger partial charge on any atom is 0.114 e. The molecule has 2 nitrogen and oxygen atoms in total. The third-order valence-electron chi connectivity index (χ3n) is 2.67. The Morgan fingerprint density at radius 3 is 2.54 bits per heavy atom. The Morgan fingerprint density at radius 1 is 1.54 bits per heavy atom. The summed E-state index contributed by atoms with van der Waals surface area (Å²) in [4.78, 5) is 0. The van der Waals surface area contributed by atoms with Crippen molar-refractivity contribution in [1.82, 2.24) is 0 Å². The van der Waals surface area contributed by atoms with Crippen LogP contribution in [0, 0.1) is 6.92 Å². The monoisotopic (exact) mass is 182 g/mol. The Labute approximate surface area is 79.6 Å². The molecule has 1 N–H and O–H groups in total. The zero-order chi connectivity index (χ0) is 10.1. The van der Waals surface area contributed by atoms with E-state index in [4.69, 9.17) is 4.42 Å². The van der Waals surface area contributed by atoms with Gasteiger partial charge in [-0.1, -0.05) is 20.8 Å². The Morgan fingerprint density at radius 2 is 2.15 bits per heavy atom. The van der Waals surface area contributed by atoms with Gasteiger partial charge in [-0.05, 0) is 25.0 Å². The molecule has 0 radical (unpaired) electrons. The lowest BCUT2D eigenvalue weighted by atomic mass is 9.81. The minimum Gasteiger partial charge on any atom is -0.468 e. The quantitative estimate of drug-likeness (QED) is 0.779. The molecule has 1 heterocycles. The zero-order valence-electron chi connectivity index (χ0n) is 8.79. The molecule has 0 aliphatic heterocycles. The van der Waals surface area contributed by atoms with Gasteiger partial charge in [-0.2, -0.15) is 0 Å². The number of aryl methyl sites for hydroxylation is 1. The average molecular weight is 182 g/mol. The van der Waals surface area contributed by atoms with Gasteiger partial charge in [0.25, 0.3) is 0 Å². The van der Waals surface area contributed by atoms with Gasteiger partial charge in [-0.15, -0.1) is 0 Å². The van der Waals surface area contributed by atoms with Crippen molar-refractivity contribution in [2.24, 2.45) is 0 Å². The summed E-state index contributed by atoms with van der Waals surface area (Å²) in [5.41, 5.74) is 0.819. The van der Waals surface area contributed by atoms with Crippen molar-refractivity contribution in [1.29, 1.82) is 0 Å². The summed E-state index contributed by atoms with van der Waals surface area (Å²) in [6, 6.07) is 1.93. The molecule has 0 bridgehead atoms. The molecule has 1 unspecified atom stereocenters. The van der Waals surface area contributed by atoms with E-state index in [9.17, 15) is 5.11 Å². The van der Waals surface area contributed by atoms with Crippen molar-refractivity contribution in [2.75, 3.05) is 0 Å². The number of aliphatic hydroxyl groups excluding tert-OH is 1. The summed E-state index contributed by atoms with van der Waals surface area (Å²) >= 11 is 0. The van der Waals surface area contributed by atoms with E-state index < -0.39 is 0 Å². The van der Waals surface area contributed by atoms with Crippen LogP contribution in [0.4, 0.5) is 0 Å². The molecule has 74 valence electrons. The van der Waals surface area contributed by atoms with Gasteiger partial charge in [0.05, 0.1) is 12.4 Å². The number of hydrogen-bond acceptors (Lipinski definition) is 2. The van der Waals surface area contributed by atoms with Crippen LogP contribution in [-0.4, -0.2) is 11.2 Å².